The second-order valence-corrected chi connectivity index (χ2v) is 9.51. The minimum Gasteiger partial charge on any atom is -0.497 e. The fourth-order valence-corrected chi connectivity index (χ4v) is 5.10. The van der Waals surface area contributed by atoms with E-state index in [4.69, 9.17) is 4.74 Å². The number of benzene rings is 1. The van der Waals surface area contributed by atoms with Crippen molar-refractivity contribution in [2.45, 2.75) is 49.9 Å². The van der Waals surface area contributed by atoms with Gasteiger partial charge in [-0.1, -0.05) is 25.5 Å². The molecule has 4 atom stereocenters. The summed E-state index contributed by atoms with van der Waals surface area (Å²) < 4.78 is 17.4. The number of nitrogens with one attached hydrogen (secondary N) is 2. The normalized spacial score (nSPS) is 22.6. The van der Waals surface area contributed by atoms with Crippen molar-refractivity contribution in [3.05, 3.63) is 29.8 Å². The van der Waals surface area contributed by atoms with E-state index in [2.05, 4.69) is 46.8 Å². The molecule has 28 heavy (non-hydrogen) atoms. The van der Waals surface area contributed by atoms with Crippen LogP contribution in [0.25, 0.3) is 0 Å². The first kappa shape index (κ1) is 22.7. The smallest absolute Gasteiger partial charge is 0.191 e. The number of aliphatic imine (C=N–C) groups is 1. The molecular weight excluding hydrogens is 372 g/mol. The Hall–Kier alpha value is -1.60. The molecular formula is C21H36N4O2S. The fraction of sp³-hybridized carbons (Fsp3) is 0.667. The predicted octanol–water partition coefficient (Wildman–Crippen LogP) is 2.54. The minimum absolute atomic E-state index is 0.219. The molecule has 1 aliphatic rings. The van der Waals surface area contributed by atoms with Gasteiger partial charge in [-0.05, 0) is 51.1 Å². The van der Waals surface area contributed by atoms with Crippen LogP contribution >= 0.6 is 0 Å². The molecule has 1 aliphatic carbocycles. The molecule has 0 radical (unpaired) electrons. The van der Waals surface area contributed by atoms with Crippen LogP contribution in [0.1, 0.15) is 44.2 Å². The topological polar surface area (TPSA) is 66.0 Å². The van der Waals surface area contributed by atoms with Crippen LogP contribution < -0.4 is 15.4 Å². The van der Waals surface area contributed by atoms with E-state index in [9.17, 15) is 4.21 Å². The average molecular weight is 409 g/mol. The Kier molecular flexibility index (Phi) is 9.25. The Morgan fingerprint density at radius 2 is 2.04 bits per heavy atom. The standard InChI is InChI=1S/C21H36N4O2S/c1-6-28(26)19-9-7-8-17(14-19)24-21(22-2)23-15-20(25(3)4)16-10-12-18(27-5)13-11-16/h10-13,17,19-20H,6-9,14-15H2,1-5H3,(H2,22,23,24). The molecule has 0 aromatic heterocycles. The number of ether oxygens (including phenoxy) is 1. The van der Waals surface area contributed by atoms with Gasteiger partial charge in [0.2, 0.25) is 0 Å². The molecule has 158 valence electrons. The molecule has 0 bridgehead atoms. The molecule has 0 amide bonds. The van der Waals surface area contributed by atoms with Gasteiger partial charge in [-0.3, -0.25) is 9.20 Å². The summed E-state index contributed by atoms with van der Waals surface area (Å²) in [7, 11) is 6.94. The Balaban J connectivity index is 1.94. The van der Waals surface area contributed by atoms with Gasteiger partial charge < -0.3 is 20.3 Å². The Morgan fingerprint density at radius 1 is 1.32 bits per heavy atom. The van der Waals surface area contributed by atoms with Crippen LogP contribution in [0.3, 0.4) is 0 Å². The van der Waals surface area contributed by atoms with E-state index in [-0.39, 0.29) is 6.04 Å². The van der Waals surface area contributed by atoms with Crippen molar-refractivity contribution >= 4 is 16.8 Å². The molecule has 1 aromatic carbocycles. The zero-order valence-corrected chi connectivity index (χ0v) is 18.7. The van der Waals surface area contributed by atoms with Crippen LogP contribution in [0.5, 0.6) is 5.75 Å². The summed E-state index contributed by atoms with van der Waals surface area (Å²) in [5.74, 6) is 2.42. The number of rotatable bonds is 8. The van der Waals surface area contributed by atoms with Crippen LogP contribution in [0.15, 0.2) is 29.3 Å². The molecule has 7 heteroatoms. The van der Waals surface area contributed by atoms with Gasteiger partial charge in [0, 0.05) is 41.4 Å². The lowest BCUT2D eigenvalue weighted by atomic mass is 9.95. The van der Waals surface area contributed by atoms with E-state index in [0.717, 1.165) is 49.7 Å². The fourth-order valence-electron chi connectivity index (χ4n) is 3.76. The van der Waals surface area contributed by atoms with Crippen molar-refractivity contribution in [1.82, 2.24) is 15.5 Å². The van der Waals surface area contributed by atoms with Gasteiger partial charge in [0.1, 0.15) is 5.75 Å². The Labute approximate surface area is 172 Å². The van der Waals surface area contributed by atoms with Gasteiger partial charge in [0.15, 0.2) is 5.96 Å². The lowest BCUT2D eigenvalue weighted by Crippen LogP contribution is -2.48. The average Bonchev–Trinajstić information content (AvgIpc) is 2.72. The van der Waals surface area contributed by atoms with Gasteiger partial charge >= 0.3 is 0 Å². The zero-order valence-electron chi connectivity index (χ0n) is 17.9. The Bertz CT molecular complexity index is 648. The van der Waals surface area contributed by atoms with E-state index >= 15 is 0 Å². The van der Waals surface area contributed by atoms with Crippen molar-refractivity contribution in [3.8, 4) is 5.75 Å². The summed E-state index contributed by atoms with van der Waals surface area (Å²) in [6.07, 6.45) is 4.26. The third-order valence-electron chi connectivity index (χ3n) is 5.43. The molecule has 1 saturated carbocycles. The Morgan fingerprint density at radius 3 is 2.61 bits per heavy atom. The van der Waals surface area contributed by atoms with Gasteiger partial charge in [-0.25, -0.2) is 0 Å². The van der Waals surface area contributed by atoms with Crippen molar-refractivity contribution in [2.24, 2.45) is 4.99 Å². The van der Waals surface area contributed by atoms with Gasteiger partial charge in [0.25, 0.3) is 0 Å². The first-order chi connectivity index (χ1) is 13.5. The highest BCUT2D eigenvalue weighted by molar-refractivity contribution is 7.85. The van der Waals surface area contributed by atoms with Crippen LogP contribution in [0, 0.1) is 0 Å². The first-order valence-electron chi connectivity index (χ1n) is 10.1. The van der Waals surface area contributed by atoms with Crippen LogP contribution in [0.4, 0.5) is 0 Å². The first-order valence-corrected chi connectivity index (χ1v) is 11.5. The molecule has 6 nitrogen and oxygen atoms in total. The molecule has 0 aliphatic heterocycles. The van der Waals surface area contributed by atoms with Gasteiger partial charge in [0.05, 0.1) is 13.2 Å². The molecule has 2 N–H and O–H groups in total. The van der Waals surface area contributed by atoms with Crippen molar-refractivity contribution in [1.29, 1.82) is 0 Å². The summed E-state index contributed by atoms with van der Waals surface area (Å²) in [6, 6.07) is 8.75. The van der Waals surface area contributed by atoms with Gasteiger partial charge in [-0.2, -0.15) is 0 Å². The molecule has 4 unspecified atom stereocenters. The number of guanidine groups is 1. The molecule has 0 spiro atoms. The third kappa shape index (κ3) is 6.48. The quantitative estimate of drug-likeness (QED) is 0.511. The van der Waals surface area contributed by atoms with E-state index in [1.165, 1.54) is 5.56 Å². The second kappa shape index (κ2) is 11.4. The molecule has 2 rings (SSSR count). The summed E-state index contributed by atoms with van der Waals surface area (Å²) in [6.45, 7) is 2.75. The summed E-state index contributed by atoms with van der Waals surface area (Å²) >= 11 is 0. The highest BCUT2D eigenvalue weighted by Gasteiger charge is 2.26. The second-order valence-electron chi connectivity index (χ2n) is 7.50. The minimum atomic E-state index is -0.713. The molecule has 1 aromatic rings. The van der Waals surface area contributed by atoms with Crippen LogP contribution in [-0.4, -0.2) is 66.9 Å². The number of hydrogen-bond acceptors (Lipinski definition) is 4. The van der Waals surface area contributed by atoms with Gasteiger partial charge in [-0.15, -0.1) is 0 Å². The number of nitrogens with zero attached hydrogens (tertiary/aromatic N) is 2. The monoisotopic (exact) mass is 408 g/mol. The summed E-state index contributed by atoms with van der Waals surface area (Å²) in [5, 5.41) is 7.33. The van der Waals surface area contributed by atoms with Crippen molar-refractivity contribution in [2.75, 3.05) is 40.6 Å². The third-order valence-corrected chi connectivity index (χ3v) is 7.17. The zero-order chi connectivity index (χ0) is 20.5. The maximum atomic E-state index is 12.2. The maximum absolute atomic E-state index is 12.2. The van der Waals surface area contributed by atoms with E-state index in [1.54, 1.807) is 14.2 Å². The van der Waals surface area contributed by atoms with Crippen LogP contribution in [0.2, 0.25) is 0 Å². The lowest BCUT2D eigenvalue weighted by molar-refractivity contribution is 0.297. The number of hydrogen-bond donors (Lipinski definition) is 2. The predicted molar refractivity (Wildman–Crippen MR) is 119 cm³/mol. The largest absolute Gasteiger partial charge is 0.497 e. The van der Waals surface area contributed by atoms with E-state index in [0.29, 0.717) is 11.3 Å². The molecule has 0 heterocycles. The SMILES string of the molecule is CCS(=O)C1CCCC(NC(=NC)NCC(c2ccc(OC)cc2)N(C)C)C1. The highest BCUT2D eigenvalue weighted by atomic mass is 32.2. The number of likely N-dealkylation sites (N-methyl/N-ethyl adjacent to an activating group) is 1. The molecule has 0 saturated heterocycles. The van der Waals surface area contributed by atoms with Crippen LogP contribution in [-0.2, 0) is 10.8 Å². The highest BCUT2D eigenvalue weighted by Crippen LogP contribution is 2.23. The molecule has 1 fully saturated rings. The lowest BCUT2D eigenvalue weighted by Gasteiger charge is -2.31. The van der Waals surface area contributed by atoms with E-state index < -0.39 is 10.8 Å². The summed E-state index contributed by atoms with van der Waals surface area (Å²) in [5.41, 5.74) is 1.23. The maximum Gasteiger partial charge on any atom is 0.191 e. The van der Waals surface area contributed by atoms with Crippen molar-refractivity contribution < 1.29 is 8.95 Å². The number of methoxy groups -OCH3 is 1. The summed E-state index contributed by atoms with van der Waals surface area (Å²) in [4.78, 5) is 6.60. The van der Waals surface area contributed by atoms with E-state index in [1.807, 2.05) is 19.1 Å². The van der Waals surface area contributed by atoms with Crippen molar-refractivity contribution in [3.63, 3.8) is 0 Å².